The standard InChI is InChI=1S/C51H42O6P2S2/c52-60(53,54)50-25-13-23-48(36-50)58(44-15-5-1-6-16-44,45-17-7-2-8-18-45)38-42-31-27-40(28-32-42)35-41-29-33-43(34-30-41)39-59(46-19-9-3-10-20-46,47-21-11-4-12-22-47)49-24-14-26-51(37-49)61(55,56)57/h1-34,36-37H,35,38-39H2/p+2. The van der Waals surface area contributed by atoms with E-state index in [1.165, 1.54) is 12.1 Å². The third-order valence-corrected chi connectivity index (χ3v) is 21.6. The van der Waals surface area contributed by atoms with E-state index in [1.54, 1.807) is 24.3 Å². The summed E-state index contributed by atoms with van der Waals surface area (Å²) in [4.78, 5) is -0.247. The average molecular weight is 879 g/mol. The molecule has 304 valence electrons. The second-order valence-corrected chi connectivity index (χ2v) is 24.8. The van der Waals surface area contributed by atoms with Crippen LogP contribution >= 0.6 is 14.5 Å². The molecule has 0 atom stereocenters. The second-order valence-electron chi connectivity index (χ2n) is 15.0. The van der Waals surface area contributed by atoms with E-state index in [0.29, 0.717) is 18.7 Å². The Morgan fingerprint density at radius 2 is 0.574 bits per heavy atom. The Morgan fingerprint density at radius 3 is 0.852 bits per heavy atom. The quantitative estimate of drug-likeness (QED) is 0.0836. The molecule has 0 aliphatic rings. The Balaban J connectivity index is 1.11. The van der Waals surface area contributed by atoms with Crippen LogP contribution in [-0.2, 0) is 39.0 Å². The summed E-state index contributed by atoms with van der Waals surface area (Å²) < 4.78 is 69.6. The van der Waals surface area contributed by atoms with Crippen molar-refractivity contribution in [3.63, 3.8) is 0 Å². The van der Waals surface area contributed by atoms with Gasteiger partial charge in [-0.05, 0) is 101 Å². The van der Waals surface area contributed by atoms with Crippen LogP contribution in [0, 0.1) is 0 Å². The van der Waals surface area contributed by atoms with Gasteiger partial charge >= 0.3 is 0 Å². The van der Waals surface area contributed by atoms with Crippen molar-refractivity contribution in [2.45, 2.75) is 28.5 Å². The van der Waals surface area contributed by atoms with Crippen molar-refractivity contribution in [3.8, 4) is 0 Å². The third-order valence-electron chi connectivity index (χ3n) is 11.2. The van der Waals surface area contributed by atoms with E-state index in [9.17, 15) is 25.9 Å². The van der Waals surface area contributed by atoms with Crippen LogP contribution in [-0.4, -0.2) is 25.9 Å². The van der Waals surface area contributed by atoms with Crippen LogP contribution < -0.4 is 31.8 Å². The van der Waals surface area contributed by atoms with Crippen LogP contribution in [0.2, 0.25) is 0 Å². The molecule has 0 heterocycles. The van der Waals surface area contributed by atoms with Gasteiger partial charge in [0.2, 0.25) is 0 Å². The van der Waals surface area contributed by atoms with Gasteiger partial charge in [-0.15, -0.1) is 0 Å². The first-order valence-corrected chi connectivity index (χ1v) is 26.6. The summed E-state index contributed by atoms with van der Waals surface area (Å²) in [6.45, 7) is 0. The molecule has 0 aromatic heterocycles. The largest absolute Gasteiger partial charge is 0.294 e. The molecule has 61 heavy (non-hydrogen) atoms. The molecule has 6 nitrogen and oxygen atoms in total. The number of rotatable bonds is 14. The molecule has 0 amide bonds. The van der Waals surface area contributed by atoms with Crippen molar-refractivity contribution in [1.82, 2.24) is 0 Å². The van der Waals surface area contributed by atoms with Gasteiger partial charge in [-0.1, -0.05) is 133 Å². The molecule has 0 spiro atoms. The number of hydrogen-bond acceptors (Lipinski definition) is 4. The molecular weight excluding hydrogens is 835 g/mol. The lowest BCUT2D eigenvalue weighted by atomic mass is 10.0. The van der Waals surface area contributed by atoms with Crippen LogP contribution in [0.25, 0.3) is 0 Å². The Morgan fingerprint density at radius 1 is 0.311 bits per heavy atom. The summed E-state index contributed by atoms with van der Waals surface area (Å²) in [5, 5.41) is 6.15. The van der Waals surface area contributed by atoms with Crippen LogP contribution in [0.4, 0.5) is 0 Å². The smallest absolute Gasteiger partial charge is 0.282 e. The van der Waals surface area contributed by atoms with Crippen molar-refractivity contribution < 1.29 is 25.9 Å². The average Bonchev–Trinajstić information content (AvgIpc) is 3.29. The van der Waals surface area contributed by atoms with E-state index in [2.05, 4.69) is 97.1 Å². The highest BCUT2D eigenvalue weighted by Crippen LogP contribution is 2.59. The molecule has 8 aromatic carbocycles. The molecule has 0 saturated carbocycles. The van der Waals surface area contributed by atoms with Crippen molar-refractivity contribution in [2.75, 3.05) is 0 Å². The highest BCUT2D eigenvalue weighted by Gasteiger charge is 2.47. The minimum absolute atomic E-state index is 0.123. The van der Waals surface area contributed by atoms with Crippen molar-refractivity contribution in [1.29, 1.82) is 0 Å². The molecule has 10 heteroatoms. The van der Waals surface area contributed by atoms with Gasteiger partial charge in [0.1, 0.15) is 46.4 Å². The SMILES string of the molecule is O=S(=O)(O)c1cccc([P+](Cc2ccc(Cc3ccc(C[P+](c4ccccc4)(c4ccccc4)c4cccc(S(=O)(=O)O)c4)cc3)cc2)(c2ccccc2)c2ccccc2)c1. The maximum atomic E-state index is 12.4. The molecule has 8 rings (SSSR count). The Labute approximate surface area is 359 Å². The lowest BCUT2D eigenvalue weighted by Gasteiger charge is -2.28. The van der Waals surface area contributed by atoms with Crippen molar-refractivity contribution in [3.05, 3.63) is 241 Å². The summed E-state index contributed by atoms with van der Waals surface area (Å²) in [6, 6.07) is 71.7. The normalized spacial score (nSPS) is 12.2. The minimum Gasteiger partial charge on any atom is -0.282 e. The second kappa shape index (κ2) is 17.8. The predicted molar refractivity (Wildman–Crippen MR) is 253 cm³/mol. The van der Waals surface area contributed by atoms with Crippen molar-refractivity contribution >= 4 is 66.6 Å². The molecule has 0 saturated heterocycles. The topological polar surface area (TPSA) is 109 Å². The molecule has 8 aromatic rings. The third kappa shape index (κ3) is 9.07. The van der Waals surface area contributed by atoms with E-state index in [-0.39, 0.29) is 9.79 Å². The summed E-state index contributed by atoms with van der Waals surface area (Å²) in [5.74, 6) is 0. The zero-order chi connectivity index (χ0) is 42.5. The fraction of sp³-hybridized carbons (Fsp3) is 0.0588. The summed E-state index contributed by atoms with van der Waals surface area (Å²) in [7, 11) is -13.8. The lowest BCUT2D eigenvalue weighted by Crippen LogP contribution is -2.33. The Bertz CT molecular complexity index is 2680. The maximum Gasteiger partial charge on any atom is 0.294 e. The molecule has 2 N–H and O–H groups in total. The highest BCUT2D eigenvalue weighted by molar-refractivity contribution is 7.95. The van der Waals surface area contributed by atoms with Gasteiger partial charge in [0.25, 0.3) is 20.2 Å². The first-order valence-electron chi connectivity index (χ1n) is 19.8. The van der Waals surface area contributed by atoms with E-state index in [0.717, 1.165) is 54.1 Å². The predicted octanol–water partition coefficient (Wildman–Crippen LogP) is 8.76. The molecule has 0 aliphatic carbocycles. The fourth-order valence-corrected chi connectivity index (χ4v) is 18.0. The Kier molecular flexibility index (Phi) is 12.3. The first-order chi connectivity index (χ1) is 29.4. The van der Waals surface area contributed by atoms with Crippen LogP contribution in [0.15, 0.2) is 228 Å². The van der Waals surface area contributed by atoms with Gasteiger partial charge in [-0.25, -0.2) is 0 Å². The molecule has 0 unspecified atom stereocenters. The van der Waals surface area contributed by atoms with Crippen LogP contribution in [0.1, 0.15) is 22.3 Å². The minimum atomic E-state index is -4.42. The fourth-order valence-electron chi connectivity index (χ4n) is 8.24. The summed E-state index contributed by atoms with van der Waals surface area (Å²) in [5.41, 5.74) is 4.51. The van der Waals surface area contributed by atoms with E-state index >= 15 is 0 Å². The van der Waals surface area contributed by atoms with Gasteiger partial charge in [-0.3, -0.25) is 9.11 Å². The molecule has 0 bridgehead atoms. The number of hydrogen-bond donors (Lipinski definition) is 2. The van der Waals surface area contributed by atoms with Gasteiger partial charge < -0.3 is 0 Å². The molecule has 0 fully saturated rings. The van der Waals surface area contributed by atoms with Gasteiger partial charge in [0, 0.05) is 12.1 Å². The Hall–Kier alpha value is -5.56. The van der Waals surface area contributed by atoms with Gasteiger partial charge in [-0.2, -0.15) is 16.8 Å². The zero-order valence-electron chi connectivity index (χ0n) is 33.1. The summed E-state index contributed by atoms with van der Waals surface area (Å²) in [6.07, 6.45) is 2.00. The van der Waals surface area contributed by atoms with Crippen LogP contribution in [0.3, 0.4) is 0 Å². The molecule has 0 radical (unpaired) electrons. The monoisotopic (exact) mass is 878 g/mol. The van der Waals surface area contributed by atoms with Crippen molar-refractivity contribution in [2.24, 2.45) is 0 Å². The molecular formula is C51H44O6P2S2+2. The van der Waals surface area contributed by atoms with Crippen LogP contribution in [0.5, 0.6) is 0 Å². The first kappa shape index (κ1) is 42.1. The maximum absolute atomic E-state index is 12.4. The van der Waals surface area contributed by atoms with Gasteiger partial charge in [0.15, 0.2) is 0 Å². The number of benzene rings is 8. The zero-order valence-corrected chi connectivity index (χ0v) is 36.6. The van der Waals surface area contributed by atoms with E-state index < -0.39 is 34.8 Å². The van der Waals surface area contributed by atoms with E-state index in [4.69, 9.17) is 0 Å². The lowest BCUT2D eigenvalue weighted by molar-refractivity contribution is 0.481. The summed E-state index contributed by atoms with van der Waals surface area (Å²) >= 11 is 0. The molecule has 0 aliphatic heterocycles. The highest BCUT2D eigenvalue weighted by atomic mass is 32.2. The van der Waals surface area contributed by atoms with Gasteiger partial charge in [0.05, 0.1) is 22.1 Å². The van der Waals surface area contributed by atoms with E-state index in [1.807, 2.05) is 84.9 Å².